The van der Waals surface area contributed by atoms with Crippen molar-refractivity contribution in [2.45, 2.75) is 32.4 Å². The molecule has 0 radical (unpaired) electrons. The average Bonchev–Trinajstić information content (AvgIpc) is 2.82. The maximum atomic E-state index is 12.5. The Bertz CT molecular complexity index is 788. The molecule has 1 aliphatic rings. The van der Waals surface area contributed by atoms with E-state index in [1.54, 1.807) is 4.90 Å². The van der Waals surface area contributed by atoms with E-state index >= 15 is 0 Å². The molecule has 1 fully saturated rings. The molecule has 2 amide bonds. The fraction of sp³-hybridized carbons (Fsp3) is 0.412. The third-order valence-electron chi connectivity index (χ3n) is 3.70. The summed E-state index contributed by atoms with van der Waals surface area (Å²) in [6.45, 7) is 6.42. The van der Waals surface area contributed by atoms with Gasteiger partial charge in [0.15, 0.2) is 0 Å². The van der Waals surface area contributed by atoms with E-state index in [0.29, 0.717) is 18.8 Å². The molecular formula is C17H20BrN3O3. The first-order chi connectivity index (χ1) is 11.2. The molecule has 0 unspecified atom stereocenters. The van der Waals surface area contributed by atoms with Crippen LogP contribution in [-0.2, 0) is 4.74 Å². The van der Waals surface area contributed by atoms with Crippen LogP contribution in [0.4, 0.5) is 4.79 Å². The van der Waals surface area contributed by atoms with Crippen LogP contribution in [0.2, 0.25) is 0 Å². The van der Waals surface area contributed by atoms with Crippen LogP contribution in [0, 0.1) is 0 Å². The zero-order valence-electron chi connectivity index (χ0n) is 13.9. The monoisotopic (exact) mass is 393 g/mol. The van der Waals surface area contributed by atoms with Gasteiger partial charge in [-0.05, 0) is 45.0 Å². The van der Waals surface area contributed by atoms with Crippen LogP contribution in [0.25, 0.3) is 10.9 Å². The van der Waals surface area contributed by atoms with Gasteiger partial charge in [-0.25, -0.2) is 4.79 Å². The van der Waals surface area contributed by atoms with E-state index in [2.05, 4.69) is 26.2 Å². The highest BCUT2D eigenvalue weighted by Gasteiger charge is 2.33. The van der Waals surface area contributed by atoms with E-state index in [1.165, 1.54) is 0 Å². The van der Waals surface area contributed by atoms with Crippen molar-refractivity contribution in [2.75, 3.05) is 13.1 Å². The highest BCUT2D eigenvalue weighted by Crippen LogP contribution is 2.22. The van der Waals surface area contributed by atoms with Gasteiger partial charge < -0.3 is 19.9 Å². The topological polar surface area (TPSA) is 74.4 Å². The van der Waals surface area contributed by atoms with Crippen LogP contribution in [-0.4, -0.2) is 46.6 Å². The number of nitrogens with zero attached hydrogens (tertiary/aromatic N) is 1. The Morgan fingerprint density at radius 2 is 2.00 bits per heavy atom. The van der Waals surface area contributed by atoms with Gasteiger partial charge in [0.2, 0.25) is 0 Å². The molecule has 3 rings (SSSR count). The number of halogens is 1. The Labute approximate surface area is 148 Å². The number of nitrogens with one attached hydrogen (secondary N) is 2. The van der Waals surface area contributed by atoms with Crippen molar-refractivity contribution in [3.05, 3.63) is 34.4 Å². The third kappa shape index (κ3) is 3.72. The highest BCUT2D eigenvalue weighted by atomic mass is 79.9. The molecular weight excluding hydrogens is 374 g/mol. The molecule has 1 aromatic carbocycles. The first-order valence-electron chi connectivity index (χ1n) is 7.78. The van der Waals surface area contributed by atoms with Gasteiger partial charge >= 0.3 is 6.09 Å². The molecule has 2 aromatic rings. The van der Waals surface area contributed by atoms with E-state index in [-0.39, 0.29) is 11.9 Å². The van der Waals surface area contributed by atoms with Crippen LogP contribution in [0.15, 0.2) is 28.7 Å². The van der Waals surface area contributed by atoms with Gasteiger partial charge in [-0.15, -0.1) is 0 Å². The van der Waals surface area contributed by atoms with Crippen molar-refractivity contribution >= 4 is 38.8 Å². The zero-order chi connectivity index (χ0) is 17.5. The van der Waals surface area contributed by atoms with Gasteiger partial charge in [0.1, 0.15) is 11.3 Å². The Morgan fingerprint density at radius 1 is 1.29 bits per heavy atom. The molecule has 0 atom stereocenters. The minimum absolute atomic E-state index is 0.0652. The number of aromatic amines is 1. The summed E-state index contributed by atoms with van der Waals surface area (Å²) in [6.07, 6.45) is -0.449. The SMILES string of the molecule is CC(C)(C)OC(=O)NC1CN(C(=O)c2cc3cc(Br)ccc3[nH]2)C1. The second-order valence-electron chi connectivity index (χ2n) is 6.97. The zero-order valence-corrected chi connectivity index (χ0v) is 15.4. The second-order valence-corrected chi connectivity index (χ2v) is 7.88. The second kappa shape index (κ2) is 6.12. The van der Waals surface area contributed by atoms with Crippen molar-refractivity contribution in [2.24, 2.45) is 0 Å². The fourth-order valence-electron chi connectivity index (χ4n) is 2.60. The first kappa shape index (κ1) is 16.8. The van der Waals surface area contributed by atoms with Crippen LogP contribution in [0.3, 0.4) is 0 Å². The third-order valence-corrected chi connectivity index (χ3v) is 4.20. The Kier molecular flexibility index (Phi) is 4.29. The molecule has 1 aromatic heterocycles. The molecule has 7 heteroatoms. The standard InChI is InChI=1S/C17H20BrN3O3/c1-17(2,3)24-16(23)19-12-8-21(9-12)15(22)14-7-10-6-11(18)4-5-13(10)20-14/h4-7,12,20H,8-9H2,1-3H3,(H,19,23). The van der Waals surface area contributed by atoms with Gasteiger partial charge in [0, 0.05) is 28.5 Å². The molecule has 128 valence electrons. The smallest absolute Gasteiger partial charge is 0.407 e. The lowest BCUT2D eigenvalue weighted by Crippen LogP contribution is -2.61. The Morgan fingerprint density at radius 3 is 2.67 bits per heavy atom. The van der Waals surface area contributed by atoms with E-state index in [1.807, 2.05) is 45.0 Å². The number of carbonyl (C=O) groups is 2. The summed E-state index contributed by atoms with van der Waals surface area (Å²) in [7, 11) is 0. The Hall–Kier alpha value is -2.02. The number of carbonyl (C=O) groups excluding carboxylic acids is 2. The number of H-pyrrole nitrogens is 1. The van der Waals surface area contributed by atoms with E-state index in [4.69, 9.17) is 4.74 Å². The average molecular weight is 394 g/mol. The summed E-state index contributed by atoms with van der Waals surface area (Å²) in [5.74, 6) is -0.0652. The van der Waals surface area contributed by atoms with Gasteiger partial charge in [-0.3, -0.25) is 4.79 Å². The summed E-state index contributed by atoms with van der Waals surface area (Å²) >= 11 is 3.42. The molecule has 24 heavy (non-hydrogen) atoms. The van der Waals surface area contributed by atoms with Gasteiger partial charge in [0.05, 0.1) is 6.04 Å². The van der Waals surface area contributed by atoms with Crippen LogP contribution >= 0.6 is 15.9 Å². The first-order valence-corrected chi connectivity index (χ1v) is 8.58. The molecule has 0 bridgehead atoms. The van der Waals surface area contributed by atoms with Crippen molar-refractivity contribution in [1.82, 2.24) is 15.2 Å². The largest absolute Gasteiger partial charge is 0.444 e. The van der Waals surface area contributed by atoms with Crippen molar-refractivity contribution in [3.8, 4) is 0 Å². The summed E-state index contributed by atoms with van der Waals surface area (Å²) < 4.78 is 6.18. The molecule has 0 aliphatic carbocycles. The lowest BCUT2D eigenvalue weighted by atomic mass is 10.1. The molecule has 2 heterocycles. The minimum Gasteiger partial charge on any atom is -0.444 e. The number of hydrogen-bond donors (Lipinski definition) is 2. The van der Waals surface area contributed by atoms with Crippen LogP contribution < -0.4 is 5.32 Å². The maximum Gasteiger partial charge on any atom is 0.407 e. The van der Waals surface area contributed by atoms with E-state index < -0.39 is 11.7 Å². The quantitative estimate of drug-likeness (QED) is 0.821. The number of ether oxygens (including phenoxy) is 1. The number of aromatic nitrogens is 1. The van der Waals surface area contributed by atoms with E-state index in [9.17, 15) is 9.59 Å². The van der Waals surface area contributed by atoms with Crippen molar-refractivity contribution in [3.63, 3.8) is 0 Å². The van der Waals surface area contributed by atoms with Gasteiger partial charge in [-0.1, -0.05) is 15.9 Å². The number of benzene rings is 1. The summed E-state index contributed by atoms with van der Waals surface area (Å²) in [5, 5.41) is 3.75. The van der Waals surface area contributed by atoms with E-state index in [0.717, 1.165) is 15.4 Å². The highest BCUT2D eigenvalue weighted by molar-refractivity contribution is 9.10. The number of likely N-dealkylation sites (tertiary alicyclic amines) is 1. The Balaban J connectivity index is 1.57. The summed E-state index contributed by atoms with van der Waals surface area (Å²) in [6, 6.07) is 7.60. The normalized spacial score (nSPS) is 15.2. The molecule has 1 saturated heterocycles. The predicted molar refractivity (Wildman–Crippen MR) is 95.1 cm³/mol. The summed E-state index contributed by atoms with van der Waals surface area (Å²) in [4.78, 5) is 29.0. The molecule has 1 aliphatic heterocycles. The predicted octanol–water partition coefficient (Wildman–Crippen LogP) is 3.28. The van der Waals surface area contributed by atoms with Crippen molar-refractivity contribution < 1.29 is 14.3 Å². The van der Waals surface area contributed by atoms with Gasteiger partial charge in [-0.2, -0.15) is 0 Å². The lowest BCUT2D eigenvalue weighted by molar-refractivity contribution is 0.0357. The lowest BCUT2D eigenvalue weighted by Gasteiger charge is -2.39. The molecule has 6 nitrogen and oxygen atoms in total. The van der Waals surface area contributed by atoms with Gasteiger partial charge in [0.25, 0.3) is 5.91 Å². The fourth-order valence-corrected chi connectivity index (χ4v) is 2.98. The summed E-state index contributed by atoms with van der Waals surface area (Å²) in [5.41, 5.74) is 0.950. The van der Waals surface area contributed by atoms with Crippen LogP contribution in [0.1, 0.15) is 31.3 Å². The van der Waals surface area contributed by atoms with Crippen LogP contribution in [0.5, 0.6) is 0 Å². The van der Waals surface area contributed by atoms with Crippen molar-refractivity contribution in [1.29, 1.82) is 0 Å². The maximum absolute atomic E-state index is 12.5. The number of alkyl carbamates (subject to hydrolysis) is 1. The molecule has 2 N–H and O–H groups in total. The minimum atomic E-state index is -0.526. The number of fused-ring (bicyclic) bond motifs is 1. The molecule has 0 saturated carbocycles. The number of amides is 2. The number of hydrogen-bond acceptors (Lipinski definition) is 3. The number of rotatable bonds is 2. The molecule has 0 spiro atoms.